The minimum absolute atomic E-state index is 0.0200. The minimum atomic E-state index is -3.87. The van der Waals surface area contributed by atoms with Gasteiger partial charge in [-0.25, -0.2) is 8.42 Å². The molecule has 0 aliphatic heterocycles. The summed E-state index contributed by atoms with van der Waals surface area (Å²) in [5.74, 6) is -0.287. The highest BCUT2D eigenvalue weighted by molar-refractivity contribution is 7.89. The quantitative estimate of drug-likeness (QED) is 0.573. The number of carbonyl (C=O) groups excluding carboxylic acids is 1. The van der Waals surface area contributed by atoms with Gasteiger partial charge in [-0.3, -0.25) is 4.79 Å². The van der Waals surface area contributed by atoms with Crippen LogP contribution < -0.4 is 5.32 Å². The molecule has 0 unspecified atom stereocenters. The van der Waals surface area contributed by atoms with Crippen LogP contribution in [0.15, 0.2) is 53.4 Å². The summed E-state index contributed by atoms with van der Waals surface area (Å²) in [4.78, 5) is 13.0. The highest BCUT2D eigenvalue weighted by Crippen LogP contribution is 2.25. The number of nitrogens with zero attached hydrogens (tertiary/aromatic N) is 1. The van der Waals surface area contributed by atoms with Crippen molar-refractivity contribution in [2.24, 2.45) is 0 Å². The van der Waals surface area contributed by atoms with Crippen molar-refractivity contribution in [2.45, 2.75) is 62.4 Å². The number of nitrogens with one attached hydrogen (secondary N) is 1. The normalized spacial score (nSPS) is 16.0. The molecular formula is C23H28Cl2N2O3S. The third kappa shape index (κ3) is 6.94. The van der Waals surface area contributed by atoms with E-state index in [0.717, 1.165) is 25.7 Å². The number of rotatable bonds is 7. The molecule has 0 aromatic heterocycles. The predicted octanol–water partition coefficient (Wildman–Crippen LogP) is 5.41. The maximum atomic E-state index is 13.3. The molecule has 31 heavy (non-hydrogen) atoms. The van der Waals surface area contributed by atoms with Crippen molar-refractivity contribution < 1.29 is 13.2 Å². The van der Waals surface area contributed by atoms with E-state index < -0.39 is 10.0 Å². The van der Waals surface area contributed by atoms with Crippen LogP contribution in [0.4, 0.5) is 0 Å². The molecule has 2 aromatic carbocycles. The van der Waals surface area contributed by atoms with Crippen molar-refractivity contribution in [3.8, 4) is 0 Å². The van der Waals surface area contributed by atoms with Gasteiger partial charge in [0.25, 0.3) is 0 Å². The zero-order valence-electron chi connectivity index (χ0n) is 17.4. The fourth-order valence-electron chi connectivity index (χ4n) is 3.84. The topological polar surface area (TPSA) is 66.5 Å². The number of halogens is 2. The van der Waals surface area contributed by atoms with Crippen LogP contribution in [0.3, 0.4) is 0 Å². The average Bonchev–Trinajstić information content (AvgIpc) is 2.73. The Bertz CT molecular complexity index is 976. The first-order valence-electron chi connectivity index (χ1n) is 10.6. The summed E-state index contributed by atoms with van der Waals surface area (Å²) in [7, 11) is -3.87. The smallest absolute Gasteiger partial charge is 0.243 e. The van der Waals surface area contributed by atoms with Crippen LogP contribution in [-0.2, 0) is 21.4 Å². The number of hydrogen-bond donors (Lipinski definition) is 1. The molecule has 0 bridgehead atoms. The number of hydrogen-bond acceptors (Lipinski definition) is 3. The standard InChI is InChI=1S/C23H28Cl2N2O3S/c24-21-14-13-18(15-22(21)25)16-27(31(29,30)20-11-7-4-8-12-20)17-23(28)26-19-9-5-2-1-3-6-10-19/h4,7-8,11-15,19H,1-3,5-6,9-10,16-17H2,(H,26,28). The Morgan fingerprint density at radius 2 is 1.58 bits per heavy atom. The van der Waals surface area contributed by atoms with Gasteiger partial charge in [-0.1, -0.05) is 79.6 Å². The van der Waals surface area contributed by atoms with E-state index >= 15 is 0 Å². The molecule has 1 aliphatic rings. The summed E-state index contributed by atoms with van der Waals surface area (Å²) in [5.41, 5.74) is 0.660. The van der Waals surface area contributed by atoms with Crippen LogP contribution >= 0.6 is 23.2 Å². The molecule has 1 saturated carbocycles. The summed E-state index contributed by atoms with van der Waals surface area (Å²) in [6, 6.07) is 13.2. The van der Waals surface area contributed by atoms with Crippen molar-refractivity contribution in [1.29, 1.82) is 0 Å². The zero-order chi connectivity index (χ0) is 22.3. The Morgan fingerprint density at radius 1 is 0.935 bits per heavy atom. The van der Waals surface area contributed by atoms with Crippen molar-refractivity contribution in [1.82, 2.24) is 9.62 Å². The van der Waals surface area contributed by atoms with E-state index in [1.807, 2.05) is 0 Å². The highest BCUT2D eigenvalue weighted by atomic mass is 35.5. The van der Waals surface area contributed by atoms with Crippen molar-refractivity contribution >= 4 is 39.1 Å². The van der Waals surface area contributed by atoms with Crippen LogP contribution in [0.5, 0.6) is 0 Å². The van der Waals surface area contributed by atoms with Gasteiger partial charge in [-0.15, -0.1) is 0 Å². The summed E-state index contributed by atoms with van der Waals surface area (Å²) in [5, 5.41) is 3.79. The Kier molecular flexibility index (Phi) is 8.78. The summed E-state index contributed by atoms with van der Waals surface area (Å²) < 4.78 is 27.8. The summed E-state index contributed by atoms with van der Waals surface area (Å²) >= 11 is 12.1. The lowest BCUT2D eigenvalue weighted by molar-refractivity contribution is -0.122. The fraction of sp³-hybridized carbons (Fsp3) is 0.435. The van der Waals surface area contributed by atoms with E-state index in [0.29, 0.717) is 15.6 Å². The maximum Gasteiger partial charge on any atom is 0.243 e. The van der Waals surface area contributed by atoms with Gasteiger partial charge in [0.05, 0.1) is 21.5 Å². The van der Waals surface area contributed by atoms with Crippen LogP contribution in [0.25, 0.3) is 0 Å². The van der Waals surface area contributed by atoms with Gasteiger partial charge in [0.2, 0.25) is 15.9 Å². The van der Waals surface area contributed by atoms with E-state index in [1.165, 1.54) is 35.7 Å². The average molecular weight is 483 g/mol. The van der Waals surface area contributed by atoms with Crippen LogP contribution in [0.2, 0.25) is 10.0 Å². The van der Waals surface area contributed by atoms with E-state index in [-0.39, 0.29) is 29.9 Å². The molecule has 1 amide bonds. The first kappa shape index (κ1) is 24.1. The van der Waals surface area contributed by atoms with Gasteiger partial charge in [0, 0.05) is 12.6 Å². The SMILES string of the molecule is O=C(CN(Cc1ccc(Cl)c(Cl)c1)S(=O)(=O)c1ccccc1)NC1CCCCCCC1. The summed E-state index contributed by atoms with van der Waals surface area (Å²) in [6.07, 6.45) is 7.64. The molecule has 0 heterocycles. The van der Waals surface area contributed by atoms with E-state index in [4.69, 9.17) is 23.2 Å². The van der Waals surface area contributed by atoms with E-state index in [9.17, 15) is 13.2 Å². The molecule has 1 N–H and O–H groups in total. The van der Waals surface area contributed by atoms with Gasteiger partial charge in [-0.05, 0) is 42.7 Å². The number of amides is 1. The predicted molar refractivity (Wildman–Crippen MR) is 125 cm³/mol. The Labute approximate surface area is 194 Å². The number of sulfonamides is 1. The van der Waals surface area contributed by atoms with Crippen LogP contribution in [0, 0.1) is 0 Å². The van der Waals surface area contributed by atoms with E-state index in [1.54, 1.807) is 36.4 Å². The van der Waals surface area contributed by atoms with Gasteiger partial charge in [-0.2, -0.15) is 4.31 Å². The lowest BCUT2D eigenvalue weighted by atomic mass is 9.97. The fourth-order valence-corrected chi connectivity index (χ4v) is 5.57. The molecule has 1 aliphatic carbocycles. The lowest BCUT2D eigenvalue weighted by Crippen LogP contribution is -2.44. The maximum absolute atomic E-state index is 13.3. The second kappa shape index (κ2) is 11.3. The monoisotopic (exact) mass is 482 g/mol. The van der Waals surface area contributed by atoms with Gasteiger partial charge >= 0.3 is 0 Å². The molecule has 5 nitrogen and oxygen atoms in total. The Hall–Kier alpha value is -1.60. The van der Waals surface area contributed by atoms with Crippen molar-refractivity contribution in [3.63, 3.8) is 0 Å². The van der Waals surface area contributed by atoms with Crippen molar-refractivity contribution in [3.05, 3.63) is 64.1 Å². The van der Waals surface area contributed by atoms with Gasteiger partial charge in [0.1, 0.15) is 0 Å². The molecular weight excluding hydrogens is 455 g/mol. The largest absolute Gasteiger partial charge is 0.352 e. The zero-order valence-corrected chi connectivity index (χ0v) is 19.7. The molecule has 0 radical (unpaired) electrons. The van der Waals surface area contributed by atoms with Crippen LogP contribution in [-0.4, -0.2) is 31.2 Å². The number of carbonyl (C=O) groups is 1. The van der Waals surface area contributed by atoms with Crippen LogP contribution in [0.1, 0.15) is 50.5 Å². The number of benzene rings is 2. The third-order valence-electron chi connectivity index (χ3n) is 5.51. The molecule has 2 aromatic rings. The first-order chi connectivity index (χ1) is 14.9. The van der Waals surface area contributed by atoms with Gasteiger partial charge < -0.3 is 5.32 Å². The second-order valence-corrected chi connectivity index (χ2v) is 10.7. The lowest BCUT2D eigenvalue weighted by Gasteiger charge is -2.25. The second-order valence-electron chi connectivity index (χ2n) is 7.94. The molecule has 8 heteroatoms. The molecule has 168 valence electrons. The minimum Gasteiger partial charge on any atom is -0.352 e. The Balaban J connectivity index is 1.79. The van der Waals surface area contributed by atoms with Gasteiger partial charge in [0.15, 0.2) is 0 Å². The first-order valence-corrected chi connectivity index (χ1v) is 12.8. The molecule has 1 fully saturated rings. The Morgan fingerprint density at radius 3 is 2.23 bits per heavy atom. The summed E-state index contributed by atoms with van der Waals surface area (Å²) in [6.45, 7) is -0.236. The molecule has 0 atom stereocenters. The van der Waals surface area contributed by atoms with Crippen molar-refractivity contribution in [2.75, 3.05) is 6.54 Å². The molecule has 0 saturated heterocycles. The highest BCUT2D eigenvalue weighted by Gasteiger charge is 2.28. The third-order valence-corrected chi connectivity index (χ3v) is 8.06. The molecule has 0 spiro atoms. The van der Waals surface area contributed by atoms with E-state index in [2.05, 4.69) is 5.32 Å². The molecule has 3 rings (SSSR count).